The number of ether oxygens (including phenoxy) is 2. The Morgan fingerprint density at radius 3 is 2.91 bits per heavy atom. The summed E-state index contributed by atoms with van der Waals surface area (Å²) in [6, 6.07) is 12.5. The Labute approximate surface area is 201 Å². The van der Waals surface area contributed by atoms with E-state index >= 15 is 0 Å². The Morgan fingerprint density at radius 2 is 2.11 bits per heavy atom. The van der Waals surface area contributed by atoms with Gasteiger partial charge >= 0.3 is 5.97 Å². The van der Waals surface area contributed by atoms with Crippen LogP contribution in [0.2, 0.25) is 0 Å². The van der Waals surface area contributed by atoms with Gasteiger partial charge in [0, 0.05) is 30.1 Å². The molecule has 10 heteroatoms. The van der Waals surface area contributed by atoms with Gasteiger partial charge in [0.25, 0.3) is 0 Å². The molecule has 4 heterocycles. The Bertz CT molecular complexity index is 1340. The maximum Gasteiger partial charge on any atom is 0.305 e. The van der Waals surface area contributed by atoms with E-state index in [4.69, 9.17) is 14.5 Å². The number of fused-ring (bicyclic) bond motifs is 2. The van der Waals surface area contributed by atoms with Gasteiger partial charge in [-0.15, -0.1) is 10.2 Å². The van der Waals surface area contributed by atoms with E-state index in [1.54, 1.807) is 23.0 Å². The Hall–Kier alpha value is -4.21. The first-order chi connectivity index (χ1) is 17.1. The van der Waals surface area contributed by atoms with E-state index in [0.29, 0.717) is 24.6 Å². The van der Waals surface area contributed by atoms with Gasteiger partial charge in [-0.2, -0.15) is 5.10 Å². The van der Waals surface area contributed by atoms with Crippen LogP contribution in [0.1, 0.15) is 36.0 Å². The molecular weight excluding hydrogens is 448 g/mol. The fraction of sp³-hybridized carbons (Fsp3) is 0.320. The molecule has 0 radical (unpaired) electrons. The molecule has 1 aliphatic rings. The van der Waals surface area contributed by atoms with Crippen LogP contribution in [0.3, 0.4) is 0 Å². The number of nitrogens with one attached hydrogen (secondary N) is 1. The summed E-state index contributed by atoms with van der Waals surface area (Å²) in [4.78, 5) is 16.3. The molecule has 1 unspecified atom stereocenters. The van der Waals surface area contributed by atoms with Crippen molar-refractivity contribution in [3.8, 4) is 11.6 Å². The predicted molar refractivity (Wildman–Crippen MR) is 129 cm³/mol. The standard InChI is InChI=1S/C25H26N6O4/c1-34-24-9-7-21(29-30-24)23(14-25(32)33)31-22-8-5-18(13-16(22)15-27-31)35-12-10-17-4-6-19-20(28-17)3-2-11-26-19/h4-9,13,15,23,26H,2-3,10-12,14H2,1H3,(H,32,33). The van der Waals surface area contributed by atoms with Gasteiger partial charge in [0.15, 0.2) is 0 Å². The predicted octanol–water partition coefficient (Wildman–Crippen LogP) is 3.27. The van der Waals surface area contributed by atoms with Gasteiger partial charge in [-0.3, -0.25) is 14.5 Å². The molecule has 1 atom stereocenters. The van der Waals surface area contributed by atoms with Crippen LogP contribution in [0.15, 0.2) is 48.7 Å². The third-order valence-electron chi connectivity index (χ3n) is 6.01. The number of anilines is 1. The number of aromatic nitrogens is 5. The number of aryl methyl sites for hydroxylation is 1. The lowest BCUT2D eigenvalue weighted by molar-refractivity contribution is -0.137. The Kier molecular flexibility index (Phi) is 6.42. The van der Waals surface area contributed by atoms with Crippen LogP contribution in [0, 0.1) is 0 Å². The van der Waals surface area contributed by atoms with E-state index in [2.05, 4.69) is 26.7 Å². The zero-order valence-corrected chi connectivity index (χ0v) is 19.3. The molecule has 35 heavy (non-hydrogen) atoms. The molecule has 0 bridgehead atoms. The van der Waals surface area contributed by atoms with Crippen molar-refractivity contribution in [2.24, 2.45) is 0 Å². The topological polar surface area (TPSA) is 124 Å². The number of benzene rings is 1. The molecule has 0 aliphatic carbocycles. The van der Waals surface area contributed by atoms with E-state index in [0.717, 1.165) is 53.1 Å². The molecule has 0 saturated heterocycles. The van der Waals surface area contributed by atoms with Crippen LogP contribution < -0.4 is 14.8 Å². The van der Waals surface area contributed by atoms with Crippen LogP contribution in [0.4, 0.5) is 5.69 Å². The van der Waals surface area contributed by atoms with Crippen molar-refractivity contribution >= 4 is 22.6 Å². The maximum atomic E-state index is 11.6. The highest BCUT2D eigenvalue weighted by Gasteiger charge is 2.22. The summed E-state index contributed by atoms with van der Waals surface area (Å²) in [6.07, 6.45) is 4.33. The monoisotopic (exact) mass is 474 g/mol. The molecule has 2 N–H and O–H groups in total. The number of aliphatic carboxylic acids is 1. The minimum absolute atomic E-state index is 0.181. The van der Waals surface area contributed by atoms with Gasteiger partial charge in [0.05, 0.1) is 48.9 Å². The normalized spacial score (nSPS) is 13.6. The van der Waals surface area contributed by atoms with Gasteiger partial charge in [-0.05, 0) is 49.2 Å². The average Bonchev–Trinajstić information content (AvgIpc) is 3.30. The lowest BCUT2D eigenvalue weighted by Gasteiger charge is -2.17. The molecule has 0 amide bonds. The highest BCUT2D eigenvalue weighted by Crippen LogP contribution is 2.28. The minimum Gasteiger partial charge on any atom is -0.493 e. The number of nitrogens with zero attached hydrogens (tertiary/aromatic N) is 5. The van der Waals surface area contributed by atoms with Crippen LogP contribution in [0.25, 0.3) is 10.9 Å². The second kappa shape index (κ2) is 9.96. The molecule has 180 valence electrons. The van der Waals surface area contributed by atoms with Gasteiger partial charge in [-0.25, -0.2) is 0 Å². The summed E-state index contributed by atoms with van der Waals surface area (Å²) in [6.45, 7) is 1.50. The van der Waals surface area contributed by atoms with Crippen LogP contribution >= 0.6 is 0 Å². The van der Waals surface area contributed by atoms with Gasteiger partial charge in [0.1, 0.15) is 11.8 Å². The minimum atomic E-state index is -0.956. The molecule has 10 nitrogen and oxygen atoms in total. The summed E-state index contributed by atoms with van der Waals surface area (Å²) in [5.74, 6) is 0.121. The van der Waals surface area contributed by atoms with Crippen molar-refractivity contribution in [1.29, 1.82) is 0 Å². The molecule has 1 aliphatic heterocycles. The molecule has 1 aromatic carbocycles. The lowest BCUT2D eigenvalue weighted by atomic mass is 10.1. The number of rotatable bonds is 9. The third kappa shape index (κ3) is 5.01. The highest BCUT2D eigenvalue weighted by atomic mass is 16.5. The number of hydrogen-bond acceptors (Lipinski definition) is 8. The van der Waals surface area contributed by atoms with Crippen molar-refractivity contribution in [1.82, 2.24) is 25.0 Å². The first kappa shape index (κ1) is 22.6. The van der Waals surface area contributed by atoms with Crippen molar-refractivity contribution < 1.29 is 19.4 Å². The number of pyridine rings is 1. The van der Waals surface area contributed by atoms with Crippen molar-refractivity contribution in [2.45, 2.75) is 31.7 Å². The maximum absolute atomic E-state index is 11.6. The first-order valence-corrected chi connectivity index (χ1v) is 11.5. The molecule has 0 fully saturated rings. The van der Waals surface area contributed by atoms with Gasteiger partial charge in [-0.1, -0.05) is 0 Å². The van der Waals surface area contributed by atoms with Crippen LogP contribution in [-0.4, -0.2) is 56.3 Å². The number of methoxy groups -OCH3 is 1. The van der Waals surface area contributed by atoms with Crippen LogP contribution in [0.5, 0.6) is 11.6 Å². The third-order valence-corrected chi connectivity index (χ3v) is 6.01. The van der Waals surface area contributed by atoms with E-state index in [-0.39, 0.29) is 6.42 Å². The quantitative estimate of drug-likeness (QED) is 0.376. The Morgan fingerprint density at radius 1 is 1.20 bits per heavy atom. The van der Waals surface area contributed by atoms with E-state index in [1.807, 2.05) is 24.3 Å². The van der Waals surface area contributed by atoms with Gasteiger partial charge < -0.3 is 19.9 Å². The Balaban J connectivity index is 1.30. The molecule has 5 rings (SSSR count). The summed E-state index contributed by atoms with van der Waals surface area (Å²) >= 11 is 0. The highest BCUT2D eigenvalue weighted by molar-refractivity contribution is 5.80. The second-order valence-electron chi connectivity index (χ2n) is 8.35. The van der Waals surface area contributed by atoms with E-state index < -0.39 is 12.0 Å². The lowest BCUT2D eigenvalue weighted by Crippen LogP contribution is -2.18. The van der Waals surface area contributed by atoms with E-state index in [9.17, 15) is 9.90 Å². The largest absolute Gasteiger partial charge is 0.493 e. The zero-order valence-electron chi connectivity index (χ0n) is 19.3. The number of carboxylic acids is 1. The van der Waals surface area contributed by atoms with E-state index in [1.165, 1.54) is 7.11 Å². The fourth-order valence-corrected chi connectivity index (χ4v) is 4.26. The second-order valence-corrected chi connectivity index (χ2v) is 8.35. The average molecular weight is 475 g/mol. The molecule has 3 aromatic heterocycles. The molecule has 0 saturated carbocycles. The number of carboxylic acid groups (broad SMARTS) is 1. The first-order valence-electron chi connectivity index (χ1n) is 11.5. The summed E-state index contributed by atoms with van der Waals surface area (Å²) < 4.78 is 12.7. The smallest absolute Gasteiger partial charge is 0.305 e. The molecular formula is C25H26N6O4. The van der Waals surface area contributed by atoms with Gasteiger partial charge in [0.2, 0.25) is 5.88 Å². The summed E-state index contributed by atoms with van der Waals surface area (Å²) in [7, 11) is 1.50. The van der Waals surface area contributed by atoms with Crippen molar-refractivity contribution in [3.05, 3.63) is 65.7 Å². The fourth-order valence-electron chi connectivity index (χ4n) is 4.26. The summed E-state index contributed by atoms with van der Waals surface area (Å²) in [5, 5.41) is 26.3. The van der Waals surface area contributed by atoms with Crippen molar-refractivity contribution in [2.75, 3.05) is 25.6 Å². The van der Waals surface area contributed by atoms with Crippen LogP contribution in [-0.2, 0) is 17.6 Å². The van der Waals surface area contributed by atoms with Crippen molar-refractivity contribution in [3.63, 3.8) is 0 Å². The molecule has 4 aromatic rings. The number of carbonyl (C=O) groups is 1. The SMILES string of the molecule is COc1ccc(C(CC(=O)O)n2ncc3cc(OCCc4ccc5c(n4)CCCN5)ccc32)nn1. The zero-order chi connectivity index (χ0) is 24.2. The summed E-state index contributed by atoms with van der Waals surface area (Å²) in [5.41, 5.74) is 4.54. The molecule has 0 spiro atoms. The number of hydrogen-bond donors (Lipinski definition) is 2.